The van der Waals surface area contributed by atoms with Gasteiger partial charge in [-0.1, -0.05) is 6.58 Å². The molecule has 5 nitrogen and oxygen atoms in total. The summed E-state index contributed by atoms with van der Waals surface area (Å²) < 4.78 is 29.4. The van der Waals surface area contributed by atoms with Gasteiger partial charge in [0.1, 0.15) is 0 Å². The molecule has 3 aliphatic rings. The van der Waals surface area contributed by atoms with Gasteiger partial charge in [-0.15, -0.1) is 0 Å². The molecule has 1 N–H and O–H groups in total. The van der Waals surface area contributed by atoms with Crippen molar-refractivity contribution in [2.45, 2.75) is 38.0 Å². The number of nitrogens with zero attached hydrogens (tertiary/aromatic N) is 2. The highest BCUT2D eigenvalue weighted by Crippen LogP contribution is 2.36. The van der Waals surface area contributed by atoms with E-state index in [0.717, 1.165) is 26.2 Å². The van der Waals surface area contributed by atoms with E-state index in [1.165, 1.54) is 11.0 Å². The van der Waals surface area contributed by atoms with Crippen LogP contribution in [0.15, 0.2) is 12.7 Å². The van der Waals surface area contributed by atoms with Crippen LogP contribution in [0.3, 0.4) is 0 Å². The summed E-state index contributed by atoms with van der Waals surface area (Å²) in [7, 11) is 0. The van der Waals surface area contributed by atoms with Crippen LogP contribution in [0.2, 0.25) is 0 Å². The molecule has 2 heterocycles. The van der Waals surface area contributed by atoms with Gasteiger partial charge in [0.25, 0.3) is 5.92 Å². The molecule has 0 spiro atoms. The van der Waals surface area contributed by atoms with E-state index in [2.05, 4.69) is 16.8 Å². The molecule has 3 rings (SSSR count). The zero-order chi connectivity index (χ0) is 19.4. The third-order valence-corrected chi connectivity index (χ3v) is 6.43. The van der Waals surface area contributed by atoms with Gasteiger partial charge >= 0.3 is 0 Å². The molecule has 0 aromatic rings. The van der Waals surface area contributed by atoms with Crippen LogP contribution in [0.1, 0.15) is 32.1 Å². The number of carbonyl (C=O) groups is 2. The Balaban J connectivity index is 1.51. The first-order chi connectivity index (χ1) is 12.9. The number of likely N-dealkylation sites (tertiary alicyclic amines) is 1. The van der Waals surface area contributed by atoms with E-state index in [1.807, 2.05) is 0 Å². The summed E-state index contributed by atoms with van der Waals surface area (Å²) in [5.74, 6) is -3.92. The number of piperidine rings is 1. The van der Waals surface area contributed by atoms with Gasteiger partial charge in [-0.2, -0.15) is 0 Å². The van der Waals surface area contributed by atoms with Crippen LogP contribution in [-0.2, 0) is 9.59 Å². The number of nitrogens with one attached hydrogen (secondary N) is 1. The monoisotopic (exact) mass is 383 g/mol. The van der Waals surface area contributed by atoms with Crippen molar-refractivity contribution in [2.24, 2.45) is 17.8 Å². The summed E-state index contributed by atoms with van der Waals surface area (Å²) in [5.41, 5.74) is 0. The summed E-state index contributed by atoms with van der Waals surface area (Å²) in [6, 6.07) is 0. The Morgan fingerprint density at radius 3 is 2.26 bits per heavy atom. The molecule has 0 bridgehead atoms. The number of hydrogen-bond donors (Lipinski definition) is 1. The number of ketones is 1. The molecule has 0 aromatic carbocycles. The lowest BCUT2D eigenvalue weighted by Crippen LogP contribution is -2.56. The SMILES string of the molecule is C=CC(=O)C1CCC(C(=O)N2CCC(CN3CCNCC3)C(F)(F)C2)CC1. The van der Waals surface area contributed by atoms with E-state index < -0.39 is 18.4 Å². The number of piperazine rings is 1. The van der Waals surface area contributed by atoms with E-state index in [1.54, 1.807) is 0 Å². The van der Waals surface area contributed by atoms with Gasteiger partial charge in [0.2, 0.25) is 5.91 Å². The molecule has 1 atom stereocenters. The summed E-state index contributed by atoms with van der Waals surface area (Å²) in [5, 5.41) is 3.24. The van der Waals surface area contributed by atoms with E-state index in [9.17, 15) is 18.4 Å². The zero-order valence-corrected chi connectivity index (χ0v) is 16.0. The first-order valence-electron chi connectivity index (χ1n) is 10.2. The Morgan fingerprint density at radius 1 is 1.04 bits per heavy atom. The maximum atomic E-state index is 14.7. The van der Waals surface area contributed by atoms with Crippen LogP contribution in [0.5, 0.6) is 0 Å². The van der Waals surface area contributed by atoms with Gasteiger partial charge in [-0.25, -0.2) is 8.78 Å². The van der Waals surface area contributed by atoms with Gasteiger partial charge < -0.3 is 15.1 Å². The number of rotatable bonds is 5. The molecule has 0 aromatic heterocycles. The topological polar surface area (TPSA) is 52.7 Å². The van der Waals surface area contributed by atoms with Gasteiger partial charge in [-0.3, -0.25) is 9.59 Å². The van der Waals surface area contributed by atoms with Crippen molar-refractivity contribution in [3.63, 3.8) is 0 Å². The van der Waals surface area contributed by atoms with E-state index in [4.69, 9.17) is 0 Å². The van der Waals surface area contributed by atoms with Crippen molar-refractivity contribution in [1.29, 1.82) is 0 Å². The highest BCUT2D eigenvalue weighted by molar-refractivity contribution is 5.91. The van der Waals surface area contributed by atoms with Crippen molar-refractivity contribution in [3.05, 3.63) is 12.7 Å². The average Bonchev–Trinajstić information content (AvgIpc) is 2.69. The predicted octanol–water partition coefficient (Wildman–Crippen LogP) is 1.94. The molecular weight excluding hydrogens is 352 g/mol. The van der Waals surface area contributed by atoms with Gasteiger partial charge in [-0.05, 0) is 38.2 Å². The third kappa shape index (κ3) is 4.93. The van der Waals surface area contributed by atoms with Crippen LogP contribution in [0, 0.1) is 17.8 Å². The zero-order valence-electron chi connectivity index (χ0n) is 16.0. The van der Waals surface area contributed by atoms with E-state index in [0.29, 0.717) is 45.2 Å². The standard InChI is InChI=1S/C20H31F2N3O2/c1-2-18(26)15-3-5-16(6-4-15)19(27)25-10-7-17(20(21,22)14-25)13-24-11-8-23-9-12-24/h2,15-17,23H,1,3-14H2. The lowest BCUT2D eigenvalue weighted by molar-refractivity contribution is -0.157. The molecule has 1 aliphatic carbocycles. The molecule has 1 saturated carbocycles. The number of amides is 1. The molecule has 7 heteroatoms. The molecule has 2 saturated heterocycles. The fraction of sp³-hybridized carbons (Fsp3) is 0.800. The summed E-state index contributed by atoms with van der Waals surface area (Å²) in [6.45, 7) is 7.18. The molecule has 1 amide bonds. The van der Waals surface area contributed by atoms with Crippen molar-refractivity contribution in [3.8, 4) is 0 Å². The first-order valence-corrected chi connectivity index (χ1v) is 10.2. The maximum absolute atomic E-state index is 14.7. The summed E-state index contributed by atoms with van der Waals surface area (Å²) >= 11 is 0. The second-order valence-corrected chi connectivity index (χ2v) is 8.21. The van der Waals surface area contributed by atoms with E-state index >= 15 is 0 Å². The quantitative estimate of drug-likeness (QED) is 0.738. The summed E-state index contributed by atoms with van der Waals surface area (Å²) in [4.78, 5) is 27.9. The summed E-state index contributed by atoms with van der Waals surface area (Å²) in [6.07, 6.45) is 4.21. The van der Waals surface area contributed by atoms with Crippen molar-refractivity contribution >= 4 is 11.7 Å². The lowest BCUT2D eigenvalue weighted by Gasteiger charge is -2.42. The van der Waals surface area contributed by atoms with Gasteiger partial charge in [0.05, 0.1) is 6.54 Å². The number of allylic oxidation sites excluding steroid dienone is 1. The van der Waals surface area contributed by atoms with Crippen LogP contribution in [-0.4, -0.2) is 73.2 Å². The highest BCUT2D eigenvalue weighted by Gasteiger charge is 2.47. The molecule has 1 unspecified atom stereocenters. The Kier molecular flexibility index (Phi) is 6.63. The Labute approximate surface area is 160 Å². The number of hydrogen-bond acceptors (Lipinski definition) is 4. The minimum atomic E-state index is -2.84. The molecule has 152 valence electrons. The van der Waals surface area contributed by atoms with Crippen LogP contribution >= 0.6 is 0 Å². The number of alkyl halides is 2. The fourth-order valence-electron chi connectivity index (χ4n) is 4.65. The van der Waals surface area contributed by atoms with Gasteiger partial charge in [0, 0.05) is 57.0 Å². The Morgan fingerprint density at radius 2 is 1.67 bits per heavy atom. The number of halogens is 2. The lowest BCUT2D eigenvalue weighted by atomic mass is 9.79. The molecule has 0 radical (unpaired) electrons. The fourth-order valence-corrected chi connectivity index (χ4v) is 4.65. The third-order valence-electron chi connectivity index (χ3n) is 6.43. The number of carbonyl (C=O) groups excluding carboxylic acids is 2. The molecule has 3 fully saturated rings. The molecule has 2 aliphatic heterocycles. The average molecular weight is 383 g/mol. The largest absolute Gasteiger partial charge is 0.336 e. The van der Waals surface area contributed by atoms with Crippen LogP contribution < -0.4 is 5.32 Å². The van der Waals surface area contributed by atoms with Crippen LogP contribution in [0.4, 0.5) is 8.78 Å². The second kappa shape index (κ2) is 8.78. The minimum Gasteiger partial charge on any atom is -0.336 e. The minimum absolute atomic E-state index is 0.0289. The smallest absolute Gasteiger partial charge is 0.269 e. The van der Waals surface area contributed by atoms with Crippen LogP contribution in [0.25, 0.3) is 0 Å². The predicted molar refractivity (Wildman–Crippen MR) is 99.6 cm³/mol. The first kappa shape index (κ1) is 20.4. The Hall–Kier alpha value is -1.34. The Bertz CT molecular complexity index is 555. The highest BCUT2D eigenvalue weighted by atomic mass is 19.3. The maximum Gasteiger partial charge on any atom is 0.269 e. The van der Waals surface area contributed by atoms with Crippen molar-refractivity contribution in [2.75, 3.05) is 45.8 Å². The van der Waals surface area contributed by atoms with Gasteiger partial charge in [0.15, 0.2) is 5.78 Å². The normalized spacial score (nSPS) is 32.1. The molecule has 27 heavy (non-hydrogen) atoms. The van der Waals surface area contributed by atoms with Crippen molar-refractivity contribution in [1.82, 2.24) is 15.1 Å². The van der Waals surface area contributed by atoms with Crippen molar-refractivity contribution < 1.29 is 18.4 Å². The van der Waals surface area contributed by atoms with E-state index in [-0.39, 0.29) is 23.5 Å². The second-order valence-electron chi connectivity index (χ2n) is 8.21. The molecular formula is C20H31F2N3O2.